The zero-order valence-corrected chi connectivity index (χ0v) is 8.60. The lowest BCUT2D eigenvalue weighted by Gasteiger charge is -1.98. The van der Waals surface area contributed by atoms with E-state index >= 15 is 0 Å². The third kappa shape index (κ3) is 1.32. The van der Waals surface area contributed by atoms with Crippen LogP contribution in [0.2, 0.25) is 0 Å². The molecular weight excluding hydrogens is 240 g/mol. The highest BCUT2D eigenvalue weighted by Gasteiger charge is 2.03. The molecule has 0 aliphatic carbocycles. The normalized spacial score (nSPS) is 10.8. The smallest absolute Gasteiger partial charge is 0.220 e. The minimum atomic E-state index is 0.868. The number of anilines is 1. The summed E-state index contributed by atoms with van der Waals surface area (Å²) in [6.45, 7) is 0.872. The molecule has 2 heterocycles. The second-order valence-corrected chi connectivity index (χ2v) is 3.73. The molecule has 0 spiro atoms. The lowest BCUT2D eigenvalue weighted by atomic mass is 10.7. The third-order valence-electron chi connectivity index (χ3n) is 1.43. The summed E-state index contributed by atoms with van der Waals surface area (Å²) in [6, 6.07) is 0. The minimum Gasteiger partial charge on any atom is -0.354 e. The topological polar surface area (TPSA) is 42.2 Å². The molecule has 2 aromatic heterocycles. The van der Waals surface area contributed by atoms with Gasteiger partial charge in [0.1, 0.15) is 0 Å². The van der Waals surface area contributed by atoms with Crippen molar-refractivity contribution < 1.29 is 0 Å². The summed E-state index contributed by atoms with van der Waals surface area (Å²) in [5, 5.41) is 4.10. The Morgan fingerprint density at radius 2 is 2.58 bits per heavy atom. The van der Waals surface area contributed by atoms with Crippen LogP contribution in [0, 0.1) is 0 Å². The molecule has 0 saturated carbocycles. The van der Waals surface area contributed by atoms with Gasteiger partial charge in [0.05, 0.1) is 0 Å². The van der Waals surface area contributed by atoms with Crippen LogP contribution >= 0.6 is 27.5 Å². The number of hydrogen-bond acceptors (Lipinski definition) is 4. The summed E-state index contributed by atoms with van der Waals surface area (Å²) < 4.78 is 6.14. The van der Waals surface area contributed by atoms with Crippen molar-refractivity contribution in [1.29, 1.82) is 0 Å². The van der Waals surface area contributed by atoms with Gasteiger partial charge in [0, 0.05) is 35.8 Å². The van der Waals surface area contributed by atoms with Crippen molar-refractivity contribution in [3.63, 3.8) is 0 Å². The fourth-order valence-corrected chi connectivity index (χ4v) is 1.79. The van der Waals surface area contributed by atoms with Gasteiger partial charge in [-0.3, -0.25) is 4.40 Å². The molecule has 2 rings (SSSR count). The second kappa shape index (κ2) is 3.40. The van der Waals surface area contributed by atoms with Gasteiger partial charge in [-0.25, -0.2) is 4.98 Å². The van der Waals surface area contributed by atoms with E-state index < -0.39 is 0 Å². The monoisotopic (exact) mass is 246 g/mol. The number of imidazole rings is 1. The van der Waals surface area contributed by atoms with Crippen molar-refractivity contribution in [1.82, 2.24) is 13.8 Å². The Morgan fingerprint density at radius 3 is 3.42 bits per heavy atom. The minimum absolute atomic E-state index is 0.868. The average molecular weight is 247 g/mol. The predicted octanol–water partition coefficient (Wildman–Crippen LogP) is 1.60. The molecule has 0 radical (unpaired) electrons. The molecule has 6 heteroatoms. The summed E-state index contributed by atoms with van der Waals surface area (Å²) in [7, 11) is 0. The number of nitrogens with one attached hydrogen (secondary N) is 1. The number of alkyl halides is 1. The molecule has 0 fully saturated rings. The molecule has 0 unspecified atom stereocenters. The number of hydrogen-bond donors (Lipinski definition) is 1. The van der Waals surface area contributed by atoms with E-state index in [4.69, 9.17) is 0 Å². The standard InChI is InChI=1S/C6H7BrN4S/c7-1-2-8-5-10-12-6-9-3-4-11(5)6/h3-4H,1-2H2,(H,8,10). The van der Waals surface area contributed by atoms with Crippen LogP contribution < -0.4 is 5.32 Å². The molecule has 0 aliphatic rings. The van der Waals surface area contributed by atoms with Crippen LogP contribution in [0.3, 0.4) is 0 Å². The van der Waals surface area contributed by atoms with E-state index in [1.54, 1.807) is 6.20 Å². The molecule has 64 valence electrons. The number of aromatic nitrogens is 3. The Bertz CT molecular complexity index is 368. The summed E-state index contributed by atoms with van der Waals surface area (Å²) in [4.78, 5) is 5.04. The van der Waals surface area contributed by atoms with Crippen LogP contribution in [-0.4, -0.2) is 25.6 Å². The van der Waals surface area contributed by atoms with Gasteiger partial charge in [0.2, 0.25) is 10.9 Å². The fourth-order valence-electron chi connectivity index (χ4n) is 0.923. The first-order valence-corrected chi connectivity index (χ1v) is 5.40. The maximum Gasteiger partial charge on any atom is 0.220 e. The van der Waals surface area contributed by atoms with Gasteiger partial charge in [-0.2, -0.15) is 4.37 Å². The fraction of sp³-hybridized carbons (Fsp3) is 0.333. The lowest BCUT2D eigenvalue weighted by Crippen LogP contribution is -2.04. The first kappa shape index (κ1) is 8.00. The van der Waals surface area contributed by atoms with Crippen LogP contribution in [0.1, 0.15) is 0 Å². The quantitative estimate of drug-likeness (QED) is 0.837. The Labute approximate surface area is 81.9 Å². The summed E-state index contributed by atoms with van der Waals surface area (Å²) in [5.41, 5.74) is 0. The Balaban J connectivity index is 2.28. The van der Waals surface area contributed by atoms with E-state index in [-0.39, 0.29) is 0 Å². The molecule has 1 N–H and O–H groups in total. The molecule has 0 aromatic carbocycles. The van der Waals surface area contributed by atoms with E-state index in [1.165, 1.54) is 11.5 Å². The molecule has 2 aromatic rings. The molecule has 0 atom stereocenters. The van der Waals surface area contributed by atoms with Gasteiger partial charge in [-0.15, -0.1) is 0 Å². The van der Waals surface area contributed by atoms with Gasteiger partial charge < -0.3 is 5.32 Å². The molecule has 12 heavy (non-hydrogen) atoms. The third-order valence-corrected chi connectivity index (χ3v) is 2.55. The molecular formula is C6H7BrN4S. The Kier molecular flexibility index (Phi) is 2.27. The highest BCUT2D eigenvalue weighted by atomic mass is 79.9. The summed E-state index contributed by atoms with van der Waals surface area (Å²) >= 11 is 4.73. The maximum absolute atomic E-state index is 4.20. The van der Waals surface area contributed by atoms with Crippen molar-refractivity contribution in [2.75, 3.05) is 17.2 Å². The van der Waals surface area contributed by atoms with Gasteiger partial charge in [-0.05, 0) is 0 Å². The SMILES string of the molecule is BrCCNc1nsc2nccn12. The van der Waals surface area contributed by atoms with Crippen LogP contribution in [0.4, 0.5) is 5.95 Å². The van der Waals surface area contributed by atoms with E-state index in [0.717, 1.165) is 22.8 Å². The second-order valence-electron chi connectivity index (χ2n) is 2.20. The van der Waals surface area contributed by atoms with Crippen LogP contribution in [0.25, 0.3) is 4.96 Å². The highest BCUT2D eigenvalue weighted by Crippen LogP contribution is 2.13. The van der Waals surface area contributed by atoms with Crippen molar-refractivity contribution in [2.24, 2.45) is 0 Å². The van der Waals surface area contributed by atoms with Crippen molar-refractivity contribution >= 4 is 38.4 Å². The zero-order valence-electron chi connectivity index (χ0n) is 6.20. The lowest BCUT2D eigenvalue weighted by molar-refractivity contribution is 1.10. The number of fused-ring (bicyclic) bond motifs is 1. The van der Waals surface area contributed by atoms with Gasteiger partial charge in [-0.1, -0.05) is 15.9 Å². The first-order valence-electron chi connectivity index (χ1n) is 3.50. The van der Waals surface area contributed by atoms with E-state index in [0.29, 0.717) is 0 Å². The van der Waals surface area contributed by atoms with E-state index in [2.05, 4.69) is 30.6 Å². The largest absolute Gasteiger partial charge is 0.354 e. The molecule has 0 aliphatic heterocycles. The van der Waals surface area contributed by atoms with Crippen molar-refractivity contribution in [3.05, 3.63) is 12.4 Å². The molecule has 0 saturated heterocycles. The number of halogens is 1. The van der Waals surface area contributed by atoms with Crippen LogP contribution in [0.15, 0.2) is 12.4 Å². The first-order chi connectivity index (χ1) is 5.92. The van der Waals surface area contributed by atoms with Crippen molar-refractivity contribution in [2.45, 2.75) is 0 Å². The summed E-state index contributed by atoms with van der Waals surface area (Å²) in [5.74, 6) is 0.868. The van der Waals surface area contributed by atoms with Gasteiger partial charge >= 0.3 is 0 Å². The predicted molar refractivity (Wildman–Crippen MR) is 53.1 cm³/mol. The van der Waals surface area contributed by atoms with Crippen LogP contribution in [0.5, 0.6) is 0 Å². The maximum atomic E-state index is 4.20. The molecule has 0 bridgehead atoms. The van der Waals surface area contributed by atoms with E-state index in [9.17, 15) is 0 Å². The Hall–Kier alpha value is -0.620. The van der Waals surface area contributed by atoms with Gasteiger partial charge in [0.25, 0.3) is 0 Å². The molecule has 4 nitrogen and oxygen atoms in total. The average Bonchev–Trinajstić information content (AvgIpc) is 2.62. The highest BCUT2D eigenvalue weighted by molar-refractivity contribution is 9.09. The molecule has 0 amide bonds. The van der Waals surface area contributed by atoms with Crippen molar-refractivity contribution in [3.8, 4) is 0 Å². The van der Waals surface area contributed by atoms with Crippen LogP contribution in [-0.2, 0) is 0 Å². The zero-order chi connectivity index (χ0) is 8.39. The number of nitrogens with zero attached hydrogens (tertiary/aromatic N) is 3. The summed E-state index contributed by atoms with van der Waals surface area (Å²) in [6.07, 6.45) is 3.67. The van der Waals surface area contributed by atoms with Gasteiger partial charge in [0.15, 0.2) is 0 Å². The Morgan fingerprint density at radius 1 is 1.67 bits per heavy atom. The number of rotatable bonds is 3. The van der Waals surface area contributed by atoms with E-state index in [1.807, 2.05) is 10.6 Å².